The monoisotopic (exact) mass is 160 g/mol. The molecule has 3 heteroatoms. The Morgan fingerprint density at radius 3 is 1.67 bits per heavy atom. The van der Waals surface area contributed by atoms with Crippen LogP contribution in [-0.4, -0.2) is 0 Å². The summed E-state index contributed by atoms with van der Waals surface area (Å²) in [6.45, 7) is 0. The highest BCUT2D eigenvalue weighted by atomic mass is 35.5. The van der Waals surface area contributed by atoms with Crippen molar-refractivity contribution in [1.82, 2.24) is 0 Å². The van der Waals surface area contributed by atoms with Crippen LogP contribution in [0.5, 0.6) is 0 Å². The number of benzene rings is 1. The highest BCUT2D eigenvalue weighted by Gasteiger charge is 2.08. The molecule has 0 fully saturated rings. The van der Waals surface area contributed by atoms with Gasteiger partial charge in [-0.05, 0) is 0 Å². The van der Waals surface area contributed by atoms with Crippen LogP contribution < -0.4 is 0 Å². The molecule has 2 bridgehead atoms. The Morgan fingerprint density at radius 2 is 1.44 bits per heavy atom. The molecule has 0 radical (unpaired) electrons. The van der Waals surface area contributed by atoms with Crippen molar-refractivity contribution in [2.24, 2.45) is 0 Å². The maximum atomic E-state index is 5.65. The van der Waals surface area contributed by atoms with Gasteiger partial charge in [-0.25, -0.2) is 0 Å². The van der Waals surface area contributed by atoms with Gasteiger partial charge in [0, 0.05) is 12.1 Å². The van der Waals surface area contributed by atoms with E-state index < -0.39 is 0 Å². The van der Waals surface area contributed by atoms with Gasteiger partial charge in [0.15, 0.2) is 0 Å². The zero-order valence-corrected chi connectivity index (χ0v) is 5.83. The Balaban J connectivity index is 2.93. The van der Waals surface area contributed by atoms with E-state index in [-0.39, 0.29) is 0 Å². The molecule has 0 aliphatic rings. The Kier molecular flexibility index (Phi) is 0.930. The first-order chi connectivity index (χ1) is 4.27. The van der Waals surface area contributed by atoms with Gasteiger partial charge in [-0.1, -0.05) is 23.2 Å². The fraction of sp³-hybridized carbons (Fsp3) is 0. The minimum absolute atomic E-state index is 0.634. The highest BCUT2D eigenvalue weighted by Crippen LogP contribution is 2.32. The SMILES string of the molecule is Clc1cc2oc1cc2Cl. The summed E-state index contributed by atoms with van der Waals surface area (Å²) < 4.78 is 5.08. The van der Waals surface area contributed by atoms with Crippen LogP contribution in [-0.2, 0) is 0 Å². The van der Waals surface area contributed by atoms with Crippen LogP contribution in [0.1, 0.15) is 0 Å². The van der Waals surface area contributed by atoms with Crippen molar-refractivity contribution in [1.29, 1.82) is 0 Å². The summed E-state index contributed by atoms with van der Waals surface area (Å²) in [5, 5.41) is 1.27. The lowest BCUT2D eigenvalue weighted by atomic mass is 10.4. The lowest BCUT2D eigenvalue weighted by Gasteiger charge is -1.78. The average molecular weight is 161 g/mol. The smallest absolute Gasteiger partial charge is 0.147 e. The van der Waals surface area contributed by atoms with Gasteiger partial charge in [0.25, 0.3) is 0 Å². The molecule has 2 aromatic heterocycles. The van der Waals surface area contributed by atoms with E-state index in [1.807, 2.05) is 0 Å². The Hall–Kier alpha value is -0.400. The fourth-order valence-corrected chi connectivity index (χ4v) is 1.17. The Bertz CT molecular complexity index is 294. The second-order valence-corrected chi connectivity index (χ2v) is 2.63. The fourth-order valence-electron chi connectivity index (χ4n) is 0.785. The van der Waals surface area contributed by atoms with Crippen LogP contribution in [0.4, 0.5) is 0 Å². The molecule has 0 atom stereocenters. The van der Waals surface area contributed by atoms with E-state index in [0.717, 1.165) is 0 Å². The molecule has 0 spiro atoms. The van der Waals surface area contributed by atoms with Crippen molar-refractivity contribution in [3.05, 3.63) is 22.2 Å². The van der Waals surface area contributed by atoms with E-state index in [0.29, 0.717) is 21.2 Å². The predicted octanol–water partition coefficient (Wildman–Crippen LogP) is 3.18. The minimum atomic E-state index is 0.634. The maximum Gasteiger partial charge on any atom is 0.147 e. The van der Waals surface area contributed by atoms with E-state index in [1.165, 1.54) is 0 Å². The van der Waals surface area contributed by atoms with Crippen LogP contribution in [0.25, 0.3) is 11.2 Å². The molecule has 1 nitrogen and oxygen atoms in total. The molecule has 0 unspecified atom stereocenters. The van der Waals surface area contributed by atoms with Crippen LogP contribution in [0.3, 0.4) is 0 Å². The van der Waals surface area contributed by atoms with E-state index in [2.05, 4.69) is 0 Å². The summed E-state index contributed by atoms with van der Waals surface area (Å²) >= 11 is 11.3. The largest absolute Gasteiger partial charge is 0.454 e. The molecule has 46 valence electrons. The molecular formula is C6H2Cl2O. The number of rotatable bonds is 0. The van der Waals surface area contributed by atoms with Gasteiger partial charge in [-0.3, -0.25) is 0 Å². The molecule has 0 amide bonds. The first-order valence-corrected chi connectivity index (χ1v) is 3.20. The van der Waals surface area contributed by atoms with Gasteiger partial charge in [0.2, 0.25) is 0 Å². The van der Waals surface area contributed by atoms with Crippen molar-refractivity contribution in [2.45, 2.75) is 0 Å². The number of furan rings is 2. The molecular weight excluding hydrogens is 159 g/mol. The van der Waals surface area contributed by atoms with Gasteiger partial charge in [-0.15, -0.1) is 0 Å². The molecule has 0 aliphatic carbocycles. The molecule has 0 aliphatic heterocycles. The summed E-state index contributed by atoms with van der Waals surface area (Å²) in [5.41, 5.74) is 1.33. The quantitative estimate of drug-likeness (QED) is 0.578. The summed E-state index contributed by atoms with van der Waals surface area (Å²) in [4.78, 5) is 0. The lowest BCUT2D eigenvalue weighted by Crippen LogP contribution is -1.57. The van der Waals surface area contributed by atoms with Gasteiger partial charge in [0.1, 0.15) is 11.2 Å². The third-order valence-corrected chi connectivity index (χ3v) is 1.80. The minimum Gasteiger partial charge on any atom is -0.454 e. The number of hydrogen-bond donors (Lipinski definition) is 0. The van der Waals surface area contributed by atoms with E-state index in [4.69, 9.17) is 27.6 Å². The predicted molar refractivity (Wildman–Crippen MR) is 37.4 cm³/mol. The lowest BCUT2D eigenvalue weighted by molar-refractivity contribution is 0.675. The van der Waals surface area contributed by atoms with Gasteiger partial charge in [0.05, 0.1) is 10.0 Å². The first kappa shape index (κ1) is 5.39. The van der Waals surface area contributed by atoms with Crippen LogP contribution >= 0.6 is 23.2 Å². The second kappa shape index (κ2) is 1.55. The number of halogens is 2. The van der Waals surface area contributed by atoms with E-state index >= 15 is 0 Å². The van der Waals surface area contributed by atoms with Crippen molar-refractivity contribution >= 4 is 34.4 Å². The molecule has 9 heavy (non-hydrogen) atoms. The molecule has 0 saturated carbocycles. The Morgan fingerprint density at radius 1 is 1.00 bits per heavy atom. The maximum absolute atomic E-state index is 5.65. The molecule has 2 aromatic rings. The van der Waals surface area contributed by atoms with Crippen molar-refractivity contribution in [3.63, 3.8) is 0 Å². The molecule has 0 N–H and O–H groups in total. The summed E-state index contributed by atoms with van der Waals surface area (Å²) in [7, 11) is 0. The Labute approximate surface area is 61.5 Å². The third kappa shape index (κ3) is 0.620. The highest BCUT2D eigenvalue weighted by molar-refractivity contribution is 6.38. The first-order valence-electron chi connectivity index (χ1n) is 2.44. The molecule has 0 aromatic carbocycles. The van der Waals surface area contributed by atoms with Gasteiger partial charge in [-0.2, -0.15) is 0 Å². The average Bonchev–Trinajstić information content (AvgIpc) is 2.24. The third-order valence-electron chi connectivity index (χ3n) is 1.21. The zero-order chi connectivity index (χ0) is 6.43. The van der Waals surface area contributed by atoms with Crippen molar-refractivity contribution in [2.75, 3.05) is 0 Å². The number of hydrogen-bond acceptors (Lipinski definition) is 1. The van der Waals surface area contributed by atoms with Crippen LogP contribution in [0.15, 0.2) is 16.5 Å². The van der Waals surface area contributed by atoms with Crippen molar-refractivity contribution < 1.29 is 4.42 Å². The molecule has 0 saturated heterocycles. The normalized spacial score (nSPS) is 11.3. The topological polar surface area (TPSA) is 13.1 Å². The van der Waals surface area contributed by atoms with Gasteiger partial charge < -0.3 is 4.42 Å². The molecule has 2 rings (SSSR count). The number of fused-ring (bicyclic) bond motifs is 2. The summed E-state index contributed by atoms with van der Waals surface area (Å²) in [6.07, 6.45) is 0. The van der Waals surface area contributed by atoms with E-state index in [9.17, 15) is 0 Å². The van der Waals surface area contributed by atoms with Crippen LogP contribution in [0, 0.1) is 0 Å². The second-order valence-electron chi connectivity index (χ2n) is 1.82. The zero-order valence-electron chi connectivity index (χ0n) is 4.32. The standard InChI is InChI=1S/C6H2Cl2O/c7-3-1-5-4(8)2-6(3)9-5/h1-2H. The van der Waals surface area contributed by atoms with E-state index in [1.54, 1.807) is 12.1 Å². The van der Waals surface area contributed by atoms with Gasteiger partial charge >= 0.3 is 0 Å². The molecule has 2 heterocycles. The summed E-state index contributed by atoms with van der Waals surface area (Å²) in [6, 6.07) is 3.42. The summed E-state index contributed by atoms with van der Waals surface area (Å²) in [5.74, 6) is 0. The van der Waals surface area contributed by atoms with Crippen molar-refractivity contribution in [3.8, 4) is 0 Å². The van der Waals surface area contributed by atoms with Crippen LogP contribution in [0.2, 0.25) is 10.0 Å².